The predicted octanol–water partition coefficient (Wildman–Crippen LogP) is 2.22. The summed E-state index contributed by atoms with van der Waals surface area (Å²) < 4.78 is 7.51. The Hall–Kier alpha value is -2.21. The van der Waals surface area contributed by atoms with Crippen LogP contribution >= 0.6 is 0 Å². The fourth-order valence-electron chi connectivity index (χ4n) is 4.17. The lowest BCUT2D eigenvalue weighted by atomic mass is 9.82. The van der Waals surface area contributed by atoms with Gasteiger partial charge in [0.05, 0.1) is 18.2 Å². The molecular formula is C19H23N3O3. The lowest BCUT2D eigenvalue weighted by molar-refractivity contribution is -0.0246. The van der Waals surface area contributed by atoms with E-state index in [0.717, 1.165) is 25.0 Å². The fourth-order valence-corrected chi connectivity index (χ4v) is 4.17. The molecule has 4 rings (SSSR count). The zero-order valence-corrected chi connectivity index (χ0v) is 14.5. The molecule has 132 valence electrons. The number of nitrogens with zero attached hydrogens (tertiary/aromatic N) is 2. The summed E-state index contributed by atoms with van der Waals surface area (Å²) in [6.45, 7) is 2.35. The number of fused-ring (bicyclic) bond motifs is 1. The summed E-state index contributed by atoms with van der Waals surface area (Å²) in [5.74, 6) is -0.364. The molecule has 1 saturated heterocycles. The molecule has 6 nitrogen and oxygen atoms in total. The molecule has 1 amide bonds. The van der Waals surface area contributed by atoms with Crippen LogP contribution in [0.1, 0.15) is 54.6 Å². The summed E-state index contributed by atoms with van der Waals surface area (Å²) >= 11 is 0. The lowest BCUT2D eigenvalue weighted by Crippen LogP contribution is -2.40. The van der Waals surface area contributed by atoms with Crippen molar-refractivity contribution in [3.63, 3.8) is 0 Å². The van der Waals surface area contributed by atoms with Crippen molar-refractivity contribution in [2.45, 2.75) is 57.1 Å². The molecule has 0 bridgehead atoms. The third kappa shape index (κ3) is 2.95. The maximum absolute atomic E-state index is 12.7. The molecule has 1 spiro atoms. The minimum atomic E-state index is -0.364. The van der Waals surface area contributed by atoms with E-state index in [2.05, 4.69) is 10.3 Å². The van der Waals surface area contributed by atoms with Gasteiger partial charge in [0.2, 0.25) is 0 Å². The van der Waals surface area contributed by atoms with Gasteiger partial charge in [-0.2, -0.15) is 0 Å². The number of nitrogens with one attached hydrogen (secondary N) is 1. The Morgan fingerprint density at radius 1 is 1.32 bits per heavy atom. The van der Waals surface area contributed by atoms with Crippen molar-refractivity contribution in [3.8, 4) is 0 Å². The van der Waals surface area contributed by atoms with Crippen LogP contribution in [-0.4, -0.2) is 33.5 Å². The normalized spacial score (nSPS) is 22.4. The zero-order chi connectivity index (χ0) is 17.4. The number of rotatable bonds is 2. The monoisotopic (exact) mass is 341 g/mol. The fraction of sp³-hybridized carbons (Fsp3) is 0.526. The average molecular weight is 341 g/mol. The minimum absolute atomic E-state index is 0.0393. The van der Waals surface area contributed by atoms with Crippen molar-refractivity contribution in [2.24, 2.45) is 0 Å². The maximum atomic E-state index is 12.7. The highest BCUT2D eigenvalue weighted by Gasteiger charge is 2.41. The van der Waals surface area contributed by atoms with Gasteiger partial charge in [-0.15, -0.1) is 0 Å². The lowest BCUT2D eigenvalue weighted by Gasteiger charge is -2.32. The molecule has 3 heterocycles. The molecule has 0 unspecified atom stereocenters. The number of hydrogen-bond donors (Lipinski definition) is 1. The Morgan fingerprint density at radius 2 is 2.12 bits per heavy atom. The number of carbonyl (C=O) groups is 1. The van der Waals surface area contributed by atoms with E-state index < -0.39 is 0 Å². The molecule has 2 fully saturated rings. The second-order valence-corrected chi connectivity index (χ2v) is 7.27. The summed E-state index contributed by atoms with van der Waals surface area (Å²) in [5, 5.41) is 2.97. The summed E-state index contributed by atoms with van der Waals surface area (Å²) in [7, 11) is 0. The molecule has 1 aliphatic heterocycles. The number of hydrogen-bond acceptors (Lipinski definition) is 4. The van der Waals surface area contributed by atoms with E-state index >= 15 is 0 Å². The van der Waals surface area contributed by atoms with Gasteiger partial charge >= 0.3 is 0 Å². The van der Waals surface area contributed by atoms with Gasteiger partial charge in [0.25, 0.3) is 11.5 Å². The smallest absolute Gasteiger partial charge is 0.270 e. The molecule has 25 heavy (non-hydrogen) atoms. The number of carbonyl (C=O) groups excluding carboxylic acids is 1. The van der Waals surface area contributed by atoms with Gasteiger partial charge in [0, 0.05) is 11.9 Å². The van der Waals surface area contributed by atoms with E-state index in [1.54, 1.807) is 6.07 Å². The number of aryl methyl sites for hydroxylation is 1. The van der Waals surface area contributed by atoms with Gasteiger partial charge < -0.3 is 10.1 Å². The Bertz CT molecular complexity index is 868. The predicted molar refractivity (Wildman–Crippen MR) is 93.8 cm³/mol. The SMILES string of the molecule is Cc1cccc2ncc(C(=O)N[C@H]3COC4(CCCCC4)C3)c(=O)n12. The highest BCUT2D eigenvalue weighted by atomic mass is 16.5. The van der Waals surface area contributed by atoms with Crippen molar-refractivity contribution in [1.82, 2.24) is 14.7 Å². The van der Waals surface area contributed by atoms with E-state index in [1.807, 2.05) is 19.1 Å². The molecule has 6 heteroatoms. The van der Waals surface area contributed by atoms with Gasteiger partial charge in [-0.3, -0.25) is 14.0 Å². The van der Waals surface area contributed by atoms with E-state index in [0.29, 0.717) is 12.3 Å². The maximum Gasteiger partial charge on any atom is 0.270 e. The highest BCUT2D eigenvalue weighted by Crippen LogP contribution is 2.39. The third-order valence-corrected chi connectivity index (χ3v) is 5.48. The zero-order valence-electron chi connectivity index (χ0n) is 14.5. The van der Waals surface area contributed by atoms with Gasteiger partial charge in [-0.1, -0.05) is 25.3 Å². The molecular weight excluding hydrogens is 318 g/mol. The van der Waals surface area contributed by atoms with E-state index in [4.69, 9.17) is 4.74 Å². The summed E-state index contributed by atoms with van der Waals surface area (Å²) in [6.07, 6.45) is 7.99. The van der Waals surface area contributed by atoms with Gasteiger partial charge in [-0.05, 0) is 38.3 Å². The van der Waals surface area contributed by atoms with Crippen molar-refractivity contribution in [2.75, 3.05) is 6.61 Å². The van der Waals surface area contributed by atoms with Crippen LogP contribution in [0.5, 0.6) is 0 Å². The minimum Gasteiger partial charge on any atom is -0.373 e. The number of ether oxygens (including phenoxy) is 1. The molecule has 0 aromatic carbocycles. The van der Waals surface area contributed by atoms with Gasteiger partial charge in [0.15, 0.2) is 0 Å². The number of aromatic nitrogens is 2. The molecule has 1 aliphatic carbocycles. The van der Waals surface area contributed by atoms with E-state index in [9.17, 15) is 9.59 Å². The van der Waals surface area contributed by atoms with Crippen LogP contribution in [-0.2, 0) is 4.74 Å². The summed E-state index contributed by atoms with van der Waals surface area (Å²) in [5.41, 5.74) is 0.994. The van der Waals surface area contributed by atoms with Crippen molar-refractivity contribution >= 4 is 11.6 Å². The van der Waals surface area contributed by atoms with Crippen molar-refractivity contribution in [3.05, 3.63) is 46.0 Å². The second kappa shape index (κ2) is 6.26. The second-order valence-electron chi connectivity index (χ2n) is 7.27. The number of pyridine rings is 1. The standard InChI is InChI=1S/C19H23N3O3/c1-13-6-5-7-16-20-11-15(18(24)22(13)16)17(23)21-14-10-19(25-12-14)8-3-2-4-9-19/h5-7,11,14H,2-4,8-10,12H2,1H3,(H,21,23)/t14-/m1/s1. The molecule has 2 aliphatic rings. The molecule has 2 aromatic heterocycles. The summed E-state index contributed by atoms with van der Waals surface area (Å²) in [4.78, 5) is 29.6. The highest BCUT2D eigenvalue weighted by molar-refractivity contribution is 5.94. The first-order chi connectivity index (χ1) is 12.1. The van der Waals surface area contributed by atoms with E-state index in [1.165, 1.54) is 29.9 Å². The molecule has 1 atom stereocenters. The van der Waals surface area contributed by atoms with Crippen LogP contribution in [0.25, 0.3) is 5.65 Å². The van der Waals surface area contributed by atoms with Crippen LogP contribution < -0.4 is 10.9 Å². The third-order valence-electron chi connectivity index (χ3n) is 5.48. The van der Waals surface area contributed by atoms with Crippen LogP contribution in [0.3, 0.4) is 0 Å². The molecule has 2 aromatic rings. The first-order valence-corrected chi connectivity index (χ1v) is 9.00. The Balaban J connectivity index is 1.54. The average Bonchev–Trinajstić information content (AvgIpc) is 2.97. The Labute approximate surface area is 146 Å². The Kier molecular flexibility index (Phi) is 4.07. The van der Waals surface area contributed by atoms with Gasteiger partial charge in [0.1, 0.15) is 11.2 Å². The van der Waals surface area contributed by atoms with Crippen molar-refractivity contribution in [1.29, 1.82) is 0 Å². The van der Waals surface area contributed by atoms with E-state index in [-0.39, 0.29) is 28.7 Å². The molecule has 1 N–H and O–H groups in total. The number of amides is 1. The van der Waals surface area contributed by atoms with Crippen LogP contribution in [0, 0.1) is 6.92 Å². The first-order valence-electron chi connectivity index (χ1n) is 9.00. The topological polar surface area (TPSA) is 72.7 Å². The van der Waals surface area contributed by atoms with Crippen LogP contribution in [0.15, 0.2) is 29.2 Å². The quantitative estimate of drug-likeness (QED) is 0.909. The molecule has 1 saturated carbocycles. The molecule has 0 radical (unpaired) electrons. The summed E-state index contributed by atoms with van der Waals surface area (Å²) in [6, 6.07) is 5.39. The first kappa shape index (κ1) is 16.3. The van der Waals surface area contributed by atoms with Crippen LogP contribution in [0.2, 0.25) is 0 Å². The van der Waals surface area contributed by atoms with Crippen LogP contribution in [0.4, 0.5) is 0 Å². The Morgan fingerprint density at radius 3 is 2.92 bits per heavy atom. The van der Waals surface area contributed by atoms with Crippen molar-refractivity contribution < 1.29 is 9.53 Å². The van der Waals surface area contributed by atoms with Gasteiger partial charge in [-0.25, -0.2) is 4.98 Å². The largest absolute Gasteiger partial charge is 0.373 e.